The van der Waals surface area contributed by atoms with Gasteiger partial charge in [-0.15, -0.1) is 0 Å². The van der Waals surface area contributed by atoms with Gasteiger partial charge in [0.15, 0.2) is 0 Å². The van der Waals surface area contributed by atoms with Gasteiger partial charge in [-0.05, 0) is 19.3 Å². The van der Waals surface area contributed by atoms with E-state index >= 15 is 0 Å². The Bertz CT molecular complexity index is 282. The topological polar surface area (TPSA) is 63.4 Å². The molecule has 4 nitrogen and oxygen atoms in total. The molecule has 1 unspecified atom stereocenters. The zero-order valence-corrected chi connectivity index (χ0v) is 11.3. The van der Waals surface area contributed by atoms with Gasteiger partial charge in [0.1, 0.15) is 0 Å². The van der Waals surface area contributed by atoms with E-state index in [9.17, 15) is 8.42 Å². The van der Waals surface area contributed by atoms with Crippen LogP contribution in [0.3, 0.4) is 0 Å². The number of sulfonamides is 1. The number of nitrogens with zero attached hydrogens (tertiary/aromatic N) is 1. The summed E-state index contributed by atoms with van der Waals surface area (Å²) in [6.07, 6.45) is 0.720. The predicted molar refractivity (Wildman–Crippen MR) is 64.1 cm³/mol. The molecule has 0 rings (SSSR count). The molecule has 5 heteroatoms. The highest BCUT2D eigenvalue weighted by Crippen LogP contribution is 2.21. The van der Waals surface area contributed by atoms with E-state index in [0.29, 0.717) is 6.54 Å². The number of likely N-dealkylation sites (N-methyl/N-ethyl adjacent to an activating group) is 1. The van der Waals surface area contributed by atoms with Crippen molar-refractivity contribution < 1.29 is 8.42 Å². The fourth-order valence-corrected chi connectivity index (χ4v) is 3.31. The Morgan fingerprint density at radius 1 is 1.40 bits per heavy atom. The summed E-state index contributed by atoms with van der Waals surface area (Å²) in [6, 6.07) is 0. The summed E-state index contributed by atoms with van der Waals surface area (Å²) in [4.78, 5) is 0. The maximum absolute atomic E-state index is 12.0. The van der Waals surface area contributed by atoms with E-state index in [-0.39, 0.29) is 11.7 Å². The van der Waals surface area contributed by atoms with Gasteiger partial charge < -0.3 is 5.73 Å². The van der Waals surface area contributed by atoms with E-state index in [1.165, 1.54) is 4.31 Å². The zero-order chi connectivity index (χ0) is 12.3. The summed E-state index contributed by atoms with van der Waals surface area (Å²) in [5, 5.41) is 0. The molecular formula is C10H24N2O2S. The Morgan fingerprint density at radius 2 is 1.87 bits per heavy atom. The van der Waals surface area contributed by atoms with Crippen LogP contribution in [0.5, 0.6) is 0 Å². The molecule has 0 aliphatic carbocycles. The van der Waals surface area contributed by atoms with Crippen molar-refractivity contribution in [2.75, 3.05) is 19.3 Å². The third kappa shape index (κ3) is 3.74. The van der Waals surface area contributed by atoms with Gasteiger partial charge >= 0.3 is 0 Å². The average Bonchev–Trinajstić information content (AvgIpc) is 2.13. The second-order valence-electron chi connectivity index (χ2n) is 4.69. The lowest BCUT2D eigenvalue weighted by molar-refractivity contribution is 0.239. The molecule has 0 saturated heterocycles. The maximum atomic E-state index is 12.0. The molecule has 0 aromatic carbocycles. The molecule has 0 aliphatic heterocycles. The molecule has 2 N–H and O–H groups in total. The van der Waals surface area contributed by atoms with Gasteiger partial charge in [-0.3, -0.25) is 0 Å². The van der Waals surface area contributed by atoms with Gasteiger partial charge in [-0.2, -0.15) is 4.31 Å². The Labute approximate surface area is 93.9 Å². The smallest absolute Gasteiger partial charge is 0.214 e. The van der Waals surface area contributed by atoms with Gasteiger partial charge in [0.2, 0.25) is 10.0 Å². The van der Waals surface area contributed by atoms with Gasteiger partial charge in [-0.25, -0.2) is 8.42 Å². The fraction of sp³-hybridized carbons (Fsp3) is 1.00. The van der Waals surface area contributed by atoms with Crippen LogP contribution in [0.1, 0.15) is 34.1 Å². The molecule has 0 fully saturated rings. The van der Waals surface area contributed by atoms with Crippen molar-refractivity contribution >= 4 is 10.0 Å². The molecule has 15 heavy (non-hydrogen) atoms. The van der Waals surface area contributed by atoms with Crippen LogP contribution in [-0.2, 0) is 10.0 Å². The van der Waals surface area contributed by atoms with Gasteiger partial charge in [-0.1, -0.05) is 20.8 Å². The standard InChI is InChI=1S/C10H24N2O2S/c1-6-10(4,8-11)12(5)15(13,14)7-9(2)3/h9H,6-8,11H2,1-5H3. The van der Waals surface area contributed by atoms with Crippen LogP contribution in [0.15, 0.2) is 0 Å². The van der Waals surface area contributed by atoms with E-state index in [2.05, 4.69) is 0 Å². The predicted octanol–water partition coefficient (Wildman–Crippen LogP) is 1.03. The van der Waals surface area contributed by atoms with Crippen LogP contribution < -0.4 is 5.73 Å². The molecule has 0 radical (unpaired) electrons. The number of hydrogen-bond acceptors (Lipinski definition) is 3. The summed E-state index contributed by atoms with van der Waals surface area (Å²) < 4.78 is 25.4. The number of hydrogen-bond donors (Lipinski definition) is 1. The highest BCUT2D eigenvalue weighted by atomic mass is 32.2. The van der Waals surface area contributed by atoms with Crippen molar-refractivity contribution in [3.05, 3.63) is 0 Å². The minimum absolute atomic E-state index is 0.135. The van der Waals surface area contributed by atoms with Crippen LogP contribution in [0.2, 0.25) is 0 Å². The van der Waals surface area contributed by atoms with E-state index < -0.39 is 15.6 Å². The molecular weight excluding hydrogens is 212 g/mol. The lowest BCUT2D eigenvalue weighted by Gasteiger charge is -2.36. The molecule has 0 heterocycles. The Morgan fingerprint density at radius 3 is 2.13 bits per heavy atom. The Hall–Kier alpha value is -0.130. The second kappa shape index (κ2) is 5.27. The minimum atomic E-state index is -3.19. The summed E-state index contributed by atoms with van der Waals surface area (Å²) in [7, 11) is -1.57. The normalized spacial score (nSPS) is 17.1. The van der Waals surface area contributed by atoms with Crippen molar-refractivity contribution in [1.29, 1.82) is 0 Å². The lowest BCUT2D eigenvalue weighted by Crippen LogP contribution is -2.52. The fourth-order valence-electron chi connectivity index (χ4n) is 1.36. The molecule has 1 atom stereocenters. The van der Waals surface area contributed by atoms with E-state index in [0.717, 1.165) is 6.42 Å². The Balaban J connectivity index is 4.90. The molecule has 0 amide bonds. The first-order chi connectivity index (χ1) is 6.69. The summed E-state index contributed by atoms with van der Waals surface area (Å²) in [5.41, 5.74) is 5.18. The number of nitrogens with two attached hydrogens (primary N) is 1. The molecule has 0 aromatic rings. The summed E-state index contributed by atoms with van der Waals surface area (Å²) in [5.74, 6) is 0.315. The molecule has 0 aliphatic rings. The molecule has 0 saturated carbocycles. The maximum Gasteiger partial charge on any atom is 0.214 e. The molecule has 92 valence electrons. The zero-order valence-electron chi connectivity index (χ0n) is 10.4. The minimum Gasteiger partial charge on any atom is -0.329 e. The largest absolute Gasteiger partial charge is 0.329 e. The van der Waals surface area contributed by atoms with Crippen molar-refractivity contribution in [3.63, 3.8) is 0 Å². The van der Waals surface area contributed by atoms with Crippen LogP contribution in [0, 0.1) is 5.92 Å². The molecule has 0 bridgehead atoms. The van der Waals surface area contributed by atoms with E-state index in [1.54, 1.807) is 7.05 Å². The Kier molecular flexibility index (Phi) is 5.23. The first kappa shape index (κ1) is 14.9. The van der Waals surface area contributed by atoms with Crippen molar-refractivity contribution in [1.82, 2.24) is 4.31 Å². The highest BCUT2D eigenvalue weighted by molar-refractivity contribution is 7.89. The van der Waals surface area contributed by atoms with Gasteiger partial charge in [0, 0.05) is 19.1 Å². The van der Waals surface area contributed by atoms with Crippen molar-refractivity contribution in [3.8, 4) is 0 Å². The monoisotopic (exact) mass is 236 g/mol. The third-order valence-electron chi connectivity index (χ3n) is 2.92. The third-order valence-corrected chi connectivity index (χ3v) is 5.29. The van der Waals surface area contributed by atoms with E-state index in [4.69, 9.17) is 5.73 Å². The molecule has 0 spiro atoms. The number of rotatable bonds is 6. The highest BCUT2D eigenvalue weighted by Gasteiger charge is 2.34. The van der Waals surface area contributed by atoms with Crippen LogP contribution in [-0.4, -0.2) is 37.6 Å². The van der Waals surface area contributed by atoms with Crippen LogP contribution in [0.4, 0.5) is 0 Å². The SMILES string of the molecule is CCC(C)(CN)N(C)S(=O)(=O)CC(C)C. The van der Waals surface area contributed by atoms with Crippen molar-refractivity contribution in [2.24, 2.45) is 11.7 Å². The second-order valence-corrected chi connectivity index (χ2v) is 6.74. The van der Waals surface area contributed by atoms with Crippen LogP contribution in [0.25, 0.3) is 0 Å². The first-order valence-electron chi connectivity index (χ1n) is 5.36. The molecule has 0 aromatic heterocycles. The van der Waals surface area contributed by atoms with Crippen molar-refractivity contribution in [2.45, 2.75) is 39.7 Å². The van der Waals surface area contributed by atoms with E-state index in [1.807, 2.05) is 27.7 Å². The summed E-state index contributed by atoms with van der Waals surface area (Å²) in [6.45, 7) is 7.98. The quantitative estimate of drug-likeness (QED) is 0.749. The van der Waals surface area contributed by atoms with Crippen LogP contribution >= 0.6 is 0 Å². The van der Waals surface area contributed by atoms with Gasteiger partial charge in [0.05, 0.1) is 5.75 Å². The first-order valence-corrected chi connectivity index (χ1v) is 6.97. The lowest BCUT2D eigenvalue weighted by atomic mass is 10.00. The van der Waals surface area contributed by atoms with Gasteiger partial charge in [0.25, 0.3) is 0 Å². The average molecular weight is 236 g/mol. The summed E-state index contributed by atoms with van der Waals surface area (Å²) >= 11 is 0.